The molecule has 0 radical (unpaired) electrons. The van der Waals surface area contributed by atoms with Crippen molar-refractivity contribution in [2.24, 2.45) is 0 Å². The van der Waals surface area contributed by atoms with E-state index in [0.29, 0.717) is 13.2 Å². The highest BCUT2D eigenvalue weighted by Crippen LogP contribution is 2.33. The lowest BCUT2D eigenvalue weighted by molar-refractivity contribution is 0.287. The van der Waals surface area contributed by atoms with E-state index < -0.39 is 0 Å². The van der Waals surface area contributed by atoms with Crippen LogP contribution < -0.4 is 14.8 Å². The maximum Gasteiger partial charge on any atom is 0.162 e. The van der Waals surface area contributed by atoms with Gasteiger partial charge in [0.05, 0.1) is 13.2 Å². The van der Waals surface area contributed by atoms with Crippen LogP contribution in [0, 0.1) is 0 Å². The van der Waals surface area contributed by atoms with Crippen LogP contribution in [0.3, 0.4) is 0 Å². The maximum atomic E-state index is 5.59. The van der Waals surface area contributed by atoms with Crippen LogP contribution in [0.25, 0.3) is 0 Å². The number of hydrogen-bond donors (Lipinski definition) is 1. The molecule has 0 saturated carbocycles. The first-order valence-corrected chi connectivity index (χ1v) is 6.80. The van der Waals surface area contributed by atoms with Crippen LogP contribution in [0.4, 0.5) is 0 Å². The molecule has 0 atom stereocenters. The second-order valence-corrected chi connectivity index (χ2v) is 4.39. The number of hydrogen-bond acceptors (Lipinski definition) is 3. The Morgan fingerprint density at radius 3 is 2.18 bits per heavy atom. The maximum absolute atomic E-state index is 5.59. The average Bonchev–Trinajstić information content (AvgIpc) is 2.31. The molecule has 0 unspecified atom stereocenters. The van der Waals surface area contributed by atoms with Gasteiger partial charge in [-0.25, -0.2) is 0 Å². The molecule has 0 aliphatic rings. The van der Waals surface area contributed by atoms with Crippen molar-refractivity contribution in [3.8, 4) is 11.5 Å². The smallest absolute Gasteiger partial charge is 0.162 e. The molecule has 0 amide bonds. The number of halogens is 1. The quantitative estimate of drug-likeness (QED) is 0.838. The number of rotatable bonds is 7. The summed E-state index contributed by atoms with van der Waals surface area (Å²) in [7, 11) is 0. The molecule has 1 aromatic carbocycles. The molecule has 0 spiro atoms. The molecule has 0 aromatic heterocycles. The minimum absolute atomic E-state index is 0.638. The Bertz CT molecular complexity index is 356. The van der Waals surface area contributed by atoms with Crippen LogP contribution in [0.1, 0.15) is 26.3 Å². The Kier molecular flexibility index (Phi) is 6.37. The molecule has 96 valence electrons. The number of benzene rings is 1. The van der Waals surface area contributed by atoms with Gasteiger partial charge in [0.25, 0.3) is 0 Å². The van der Waals surface area contributed by atoms with Crippen LogP contribution in [-0.4, -0.2) is 19.8 Å². The van der Waals surface area contributed by atoms with Gasteiger partial charge in [-0.05, 0) is 38.1 Å². The summed E-state index contributed by atoms with van der Waals surface area (Å²) in [6, 6.07) is 4.00. The first-order chi connectivity index (χ1) is 8.22. The van der Waals surface area contributed by atoms with Crippen molar-refractivity contribution in [3.63, 3.8) is 0 Å². The van der Waals surface area contributed by atoms with Crippen molar-refractivity contribution < 1.29 is 9.47 Å². The molecular weight excluding hydrogens is 282 g/mol. The Morgan fingerprint density at radius 1 is 1.06 bits per heavy atom. The van der Waals surface area contributed by atoms with Gasteiger partial charge >= 0.3 is 0 Å². The van der Waals surface area contributed by atoms with E-state index in [2.05, 4.69) is 28.2 Å². The molecule has 0 saturated heterocycles. The Morgan fingerprint density at radius 2 is 1.65 bits per heavy atom. The van der Waals surface area contributed by atoms with Gasteiger partial charge in [0.1, 0.15) is 0 Å². The molecule has 0 fully saturated rings. The van der Waals surface area contributed by atoms with Crippen molar-refractivity contribution in [1.82, 2.24) is 5.32 Å². The van der Waals surface area contributed by atoms with E-state index in [9.17, 15) is 0 Å². The highest BCUT2D eigenvalue weighted by molar-refractivity contribution is 9.10. The fourth-order valence-corrected chi connectivity index (χ4v) is 1.97. The zero-order valence-electron chi connectivity index (χ0n) is 10.7. The van der Waals surface area contributed by atoms with Gasteiger partial charge in [0.2, 0.25) is 0 Å². The van der Waals surface area contributed by atoms with Crippen LogP contribution in [-0.2, 0) is 6.54 Å². The summed E-state index contributed by atoms with van der Waals surface area (Å²) in [4.78, 5) is 0. The summed E-state index contributed by atoms with van der Waals surface area (Å²) in [6.07, 6.45) is 0. The summed E-state index contributed by atoms with van der Waals surface area (Å²) in [5.41, 5.74) is 1.18. The van der Waals surface area contributed by atoms with Gasteiger partial charge in [0, 0.05) is 11.0 Å². The minimum Gasteiger partial charge on any atom is -0.490 e. The first kappa shape index (κ1) is 14.3. The predicted molar refractivity (Wildman–Crippen MR) is 73.9 cm³/mol. The van der Waals surface area contributed by atoms with Crippen LogP contribution in [0.5, 0.6) is 11.5 Å². The highest BCUT2D eigenvalue weighted by atomic mass is 79.9. The first-order valence-electron chi connectivity index (χ1n) is 6.01. The van der Waals surface area contributed by atoms with E-state index in [1.54, 1.807) is 0 Å². The van der Waals surface area contributed by atoms with Gasteiger partial charge in [-0.3, -0.25) is 0 Å². The van der Waals surface area contributed by atoms with Gasteiger partial charge < -0.3 is 14.8 Å². The summed E-state index contributed by atoms with van der Waals surface area (Å²) in [5, 5.41) is 3.30. The highest BCUT2D eigenvalue weighted by Gasteiger charge is 2.10. The SMILES string of the molecule is CCNCc1cc(OCC)c(OCC)cc1Br. The lowest BCUT2D eigenvalue weighted by atomic mass is 10.2. The zero-order chi connectivity index (χ0) is 12.7. The normalized spacial score (nSPS) is 10.4. The van der Waals surface area contributed by atoms with E-state index in [1.165, 1.54) is 5.56 Å². The predicted octanol–water partition coefficient (Wildman–Crippen LogP) is 3.36. The second-order valence-electron chi connectivity index (χ2n) is 3.54. The third kappa shape index (κ3) is 4.21. The summed E-state index contributed by atoms with van der Waals surface area (Å²) in [6.45, 7) is 9.08. The molecule has 0 aliphatic heterocycles. The summed E-state index contributed by atoms with van der Waals surface area (Å²) < 4.78 is 12.2. The Balaban J connectivity index is 2.96. The van der Waals surface area contributed by atoms with Crippen molar-refractivity contribution in [1.29, 1.82) is 0 Å². The minimum atomic E-state index is 0.638. The number of nitrogens with one attached hydrogen (secondary N) is 1. The lowest BCUT2D eigenvalue weighted by Crippen LogP contribution is -2.12. The zero-order valence-corrected chi connectivity index (χ0v) is 12.3. The van der Waals surface area contributed by atoms with Crippen LogP contribution in [0.15, 0.2) is 16.6 Å². The summed E-state index contributed by atoms with van der Waals surface area (Å²) >= 11 is 3.56. The van der Waals surface area contributed by atoms with Gasteiger partial charge in [0.15, 0.2) is 11.5 Å². The molecule has 1 N–H and O–H groups in total. The van der Waals surface area contributed by atoms with Crippen LogP contribution >= 0.6 is 15.9 Å². The Hall–Kier alpha value is -0.740. The molecule has 4 heteroatoms. The molecular formula is C13H20BrNO2. The van der Waals surface area contributed by atoms with Crippen molar-refractivity contribution >= 4 is 15.9 Å². The standard InChI is InChI=1S/C13H20BrNO2/c1-4-15-9-10-7-12(16-5-2)13(17-6-3)8-11(10)14/h7-8,15H,4-6,9H2,1-3H3. The van der Waals surface area contributed by atoms with Gasteiger partial charge in [-0.2, -0.15) is 0 Å². The second kappa shape index (κ2) is 7.56. The van der Waals surface area contributed by atoms with Gasteiger partial charge in [-0.1, -0.05) is 22.9 Å². The topological polar surface area (TPSA) is 30.5 Å². The molecule has 0 aliphatic carbocycles. The van der Waals surface area contributed by atoms with Crippen molar-refractivity contribution in [2.45, 2.75) is 27.3 Å². The van der Waals surface area contributed by atoms with E-state index >= 15 is 0 Å². The largest absolute Gasteiger partial charge is 0.490 e. The van der Waals surface area contributed by atoms with Crippen LogP contribution in [0.2, 0.25) is 0 Å². The van der Waals surface area contributed by atoms with E-state index in [4.69, 9.17) is 9.47 Å². The molecule has 3 nitrogen and oxygen atoms in total. The lowest BCUT2D eigenvalue weighted by Gasteiger charge is -2.14. The fourth-order valence-electron chi connectivity index (χ4n) is 1.51. The summed E-state index contributed by atoms with van der Waals surface area (Å²) in [5.74, 6) is 1.60. The molecule has 0 heterocycles. The third-order valence-corrected chi connectivity index (χ3v) is 3.02. The van der Waals surface area contributed by atoms with E-state index in [1.807, 2.05) is 26.0 Å². The van der Waals surface area contributed by atoms with E-state index in [-0.39, 0.29) is 0 Å². The molecule has 0 bridgehead atoms. The third-order valence-electron chi connectivity index (χ3n) is 2.28. The van der Waals surface area contributed by atoms with E-state index in [0.717, 1.165) is 29.1 Å². The molecule has 1 rings (SSSR count). The molecule has 1 aromatic rings. The van der Waals surface area contributed by atoms with Crippen molar-refractivity contribution in [3.05, 3.63) is 22.2 Å². The average molecular weight is 302 g/mol. The van der Waals surface area contributed by atoms with Crippen molar-refractivity contribution in [2.75, 3.05) is 19.8 Å². The fraction of sp³-hybridized carbons (Fsp3) is 0.538. The molecule has 17 heavy (non-hydrogen) atoms. The monoisotopic (exact) mass is 301 g/mol. The number of ether oxygens (including phenoxy) is 2. The Labute approximate surface area is 112 Å². The van der Waals surface area contributed by atoms with Gasteiger partial charge in [-0.15, -0.1) is 0 Å².